The van der Waals surface area contributed by atoms with Crippen LogP contribution in [0.5, 0.6) is 11.5 Å². The third kappa shape index (κ3) is 4.18. The number of hydrogen-bond donors (Lipinski definition) is 1. The Labute approximate surface area is 189 Å². The molecule has 8 nitrogen and oxygen atoms in total. The van der Waals surface area contributed by atoms with E-state index in [4.69, 9.17) is 14.2 Å². The van der Waals surface area contributed by atoms with E-state index >= 15 is 0 Å². The summed E-state index contributed by atoms with van der Waals surface area (Å²) in [7, 11) is 2.89. The van der Waals surface area contributed by atoms with E-state index < -0.39 is 18.5 Å². The largest absolute Gasteiger partial charge is 0.497 e. The molecule has 0 spiro atoms. The smallest absolute Gasteiger partial charge is 0.338 e. The van der Waals surface area contributed by atoms with Gasteiger partial charge in [-0.1, -0.05) is 36.4 Å². The topological polar surface area (TPSA) is 108 Å². The Hall–Kier alpha value is -4.46. The Morgan fingerprint density at radius 2 is 1.39 bits per heavy atom. The molecular formula is C25H19NO7. The van der Waals surface area contributed by atoms with Crippen LogP contribution < -0.4 is 14.8 Å². The molecule has 33 heavy (non-hydrogen) atoms. The van der Waals surface area contributed by atoms with Crippen LogP contribution in [0, 0.1) is 0 Å². The normalized spacial score (nSPS) is 11.8. The second-order valence-corrected chi connectivity index (χ2v) is 7.16. The Morgan fingerprint density at radius 1 is 0.788 bits per heavy atom. The Balaban J connectivity index is 1.50. The van der Waals surface area contributed by atoms with E-state index in [9.17, 15) is 19.2 Å². The van der Waals surface area contributed by atoms with E-state index in [0.717, 1.165) is 0 Å². The number of anilines is 1. The highest BCUT2D eigenvalue weighted by molar-refractivity contribution is 6.30. The van der Waals surface area contributed by atoms with E-state index in [0.29, 0.717) is 17.1 Å². The number of ether oxygens (including phenoxy) is 3. The molecule has 0 fully saturated rings. The third-order valence-corrected chi connectivity index (χ3v) is 5.15. The van der Waals surface area contributed by atoms with Crippen LogP contribution in [-0.2, 0) is 9.53 Å². The van der Waals surface area contributed by atoms with Gasteiger partial charge in [0.2, 0.25) is 0 Å². The van der Waals surface area contributed by atoms with Crippen LogP contribution >= 0.6 is 0 Å². The number of fused-ring (bicyclic) bond motifs is 2. The van der Waals surface area contributed by atoms with E-state index in [1.54, 1.807) is 36.4 Å². The Morgan fingerprint density at radius 3 is 2.03 bits per heavy atom. The molecule has 0 aromatic heterocycles. The number of esters is 1. The third-order valence-electron chi connectivity index (χ3n) is 5.15. The molecule has 0 aliphatic heterocycles. The lowest BCUT2D eigenvalue weighted by molar-refractivity contribution is -0.119. The summed E-state index contributed by atoms with van der Waals surface area (Å²) in [4.78, 5) is 50.7. The van der Waals surface area contributed by atoms with Crippen molar-refractivity contribution in [3.63, 3.8) is 0 Å². The van der Waals surface area contributed by atoms with Crippen molar-refractivity contribution in [3.8, 4) is 11.5 Å². The zero-order chi connectivity index (χ0) is 23.5. The minimum Gasteiger partial charge on any atom is -0.497 e. The van der Waals surface area contributed by atoms with Crippen LogP contribution in [0.4, 0.5) is 5.69 Å². The van der Waals surface area contributed by atoms with Crippen molar-refractivity contribution in [2.75, 3.05) is 26.1 Å². The Kier molecular flexibility index (Phi) is 5.91. The fourth-order valence-corrected chi connectivity index (χ4v) is 3.58. The number of ketones is 2. The minimum absolute atomic E-state index is 0.110. The van der Waals surface area contributed by atoms with Gasteiger partial charge in [-0.2, -0.15) is 0 Å². The average Bonchev–Trinajstić information content (AvgIpc) is 2.85. The molecule has 3 aromatic carbocycles. The van der Waals surface area contributed by atoms with Gasteiger partial charge < -0.3 is 19.5 Å². The number of amides is 1. The van der Waals surface area contributed by atoms with Crippen molar-refractivity contribution in [3.05, 3.63) is 88.5 Å². The van der Waals surface area contributed by atoms with Gasteiger partial charge >= 0.3 is 5.97 Å². The number of benzene rings is 3. The molecule has 1 aliphatic carbocycles. The van der Waals surface area contributed by atoms with Crippen LogP contribution in [0.2, 0.25) is 0 Å². The predicted molar refractivity (Wildman–Crippen MR) is 118 cm³/mol. The summed E-state index contributed by atoms with van der Waals surface area (Å²) >= 11 is 0. The molecule has 0 radical (unpaired) electrons. The fraction of sp³-hybridized carbons (Fsp3) is 0.120. The van der Waals surface area contributed by atoms with Gasteiger partial charge in [-0.05, 0) is 18.2 Å². The van der Waals surface area contributed by atoms with Crippen molar-refractivity contribution in [2.45, 2.75) is 0 Å². The molecule has 166 valence electrons. The first-order valence-electron chi connectivity index (χ1n) is 9.94. The molecule has 0 saturated carbocycles. The fourth-order valence-electron chi connectivity index (χ4n) is 3.58. The van der Waals surface area contributed by atoms with Gasteiger partial charge in [-0.25, -0.2) is 4.79 Å². The van der Waals surface area contributed by atoms with Crippen molar-refractivity contribution in [1.82, 2.24) is 0 Å². The first-order chi connectivity index (χ1) is 15.9. The van der Waals surface area contributed by atoms with Gasteiger partial charge in [0.1, 0.15) is 11.5 Å². The molecule has 0 bridgehead atoms. The van der Waals surface area contributed by atoms with Gasteiger partial charge in [0.25, 0.3) is 5.91 Å². The van der Waals surface area contributed by atoms with Crippen LogP contribution in [0.3, 0.4) is 0 Å². The molecule has 4 rings (SSSR count). The van der Waals surface area contributed by atoms with Gasteiger partial charge in [-0.3, -0.25) is 14.4 Å². The van der Waals surface area contributed by atoms with E-state index in [1.807, 2.05) is 0 Å². The number of carbonyl (C=O) groups excluding carboxylic acids is 4. The molecule has 8 heteroatoms. The van der Waals surface area contributed by atoms with Crippen LogP contribution in [0.1, 0.15) is 42.2 Å². The molecule has 3 aromatic rings. The van der Waals surface area contributed by atoms with E-state index in [1.165, 1.54) is 38.5 Å². The van der Waals surface area contributed by atoms with Gasteiger partial charge in [-0.15, -0.1) is 0 Å². The summed E-state index contributed by atoms with van der Waals surface area (Å²) in [6.45, 7) is -0.596. The summed E-state index contributed by atoms with van der Waals surface area (Å²) in [5, 5.41) is 2.57. The highest BCUT2D eigenvalue weighted by Crippen LogP contribution is 2.32. The lowest BCUT2D eigenvalue weighted by Crippen LogP contribution is -2.26. The monoisotopic (exact) mass is 445 g/mol. The van der Waals surface area contributed by atoms with Gasteiger partial charge in [0.15, 0.2) is 18.2 Å². The van der Waals surface area contributed by atoms with Gasteiger partial charge in [0.05, 0.1) is 31.0 Å². The molecule has 1 N–H and O–H groups in total. The Bertz CT molecular complexity index is 1270. The minimum atomic E-state index is -0.752. The molecule has 0 saturated heterocycles. The summed E-state index contributed by atoms with van der Waals surface area (Å²) in [6.07, 6.45) is 0. The summed E-state index contributed by atoms with van der Waals surface area (Å²) in [5.41, 5.74) is 1.23. The maximum Gasteiger partial charge on any atom is 0.338 e. The highest BCUT2D eigenvalue weighted by Gasteiger charge is 2.31. The zero-order valence-corrected chi connectivity index (χ0v) is 17.8. The van der Waals surface area contributed by atoms with E-state index in [-0.39, 0.29) is 39.5 Å². The summed E-state index contributed by atoms with van der Waals surface area (Å²) < 4.78 is 15.3. The first-order valence-corrected chi connectivity index (χ1v) is 9.94. The number of methoxy groups -OCH3 is 2. The maximum absolute atomic E-state index is 13.0. The van der Waals surface area contributed by atoms with Crippen molar-refractivity contribution < 1.29 is 33.4 Å². The predicted octanol–water partition coefficient (Wildman–Crippen LogP) is 3.27. The SMILES string of the molecule is COc1cc(OC)cc(C(=O)OCC(=O)Nc2cccc3c2C(=O)c2ccccc2C3=O)c1. The number of hydrogen-bond acceptors (Lipinski definition) is 7. The van der Waals surface area contributed by atoms with Crippen molar-refractivity contribution in [2.24, 2.45) is 0 Å². The van der Waals surface area contributed by atoms with Crippen LogP contribution in [0.15, 0.2) is 60.7 Å². The van der Waals surface area contributed by atoms with Crippen LogP contribution in [-0.4, -0.2) is 44.3 Å². The quantitative estimate of drug-likeness (QED) is 0.454. The lowest BCUT2D eigenvalue weighted by Gasteiger charge is -2.20. The molecule has 0 unspecified atom stereocenters. The number of rotatable bonds is 6. The molecule has 1 amide bonds. The molecular weight excluding hydrogens is 426 g/mol. The van der Waals surface area contributed by atoms with Gasteiger partial charge in [0, 0.05) is 22.8 Å². The summed E-state index contributed by atoms with van der Waals surface area (Å²) in [5.74, 6) is -1.29. The molecule has 0 heterocycles. The maximum atomic E-state index is 13.0. The van der Waals surface area contributed by atoms with Crippen LogP contribution in [0.25, 0.3) is 0 Å². The standard InChI is InChI=1S/C25H19NO7/c1-31-15-10-14(11-16(12-15)32-2)25(30)33-13-21(27)26-20-9-5-8-19-22(20)24(29)18-7-4-3-6-17(18)23(19)28/h3-12H,13H2,1-2H3,(H,26,27). The zero-order valence-electron chi connectivity index (χ0n) is 17.8. The van der Waals surface area contributed by atoms with Crippen molar-refractivity contribution >= 4 is 29.1 Å². The average molecular weight is 445 g/mol. The molecule has 0 atom stereocenters. The second kappa shape index (κ2) is 8.96. The lowest BCUT2D eigenvalue weighted by atomic mass is 9.83. The van der Waals surface area contributed by atoms with Crippen molar-refractivity contribution in [1.29, 1.82) is 0 Å². The first kappa shape index (κ1) is 21.8. The second-order valence-electron chi connectivity index (χ2n) is 7.16. The molecule has 1 aliphatic rings. The highest BCUT2D eigenvalue weighted by atomic mass is 16.5. The summed E-state index contributed by atoms with van der Waals surface area (Å²) in [6, 6.07) is 15.7. The number of nitrogens with one attached hydrogen (secondary N) is 1. The number of carbonyl (C=O) groups is 4. The van der Waals surface area contributed by atoms with E-state index in [2.05, 4.69) is 5.32 Å².